The first-order chi connectivity index (χ1) is 8.58. The summed E-state index contributed by atoms with van der Waals surface area (Å²) in [5.74, 6) is 0. The minimum atomic E-state index is 0.605. The molecule has 0 spiro atoms. The van der Waals surface area contributed by atoms with E-state index in [0.717, 1.165) is 24.2 Å². The lowest BCUT2D eigenvalue weighted by atomic mass is 10.1. The Morgan fingerprint density at radius 3 is 2.78 bits per heavy atom. The Hall–Kier alpha value is -2.01. The quantitative estimate of drug-likeness (QED) is 0.796. The number of nitrogens with zero attached hydrogens (tertiary/aromatic N) is 3. The number of likely N-dealkylation sites (N-methyl/N-ethyl adjacent to an activating group) is 1. The van der Waals surface area contributed by atoms with Gasteiger partial charge in [-0.2, -0.15) is 5.10 Å². The van der Waals surface area contributed by atoms with Crippen molar-refractivity contribution in [2.24, 2.45) is 0 Å². The molecule has 0 aliphatic rings. The van der Waals surface area contributed by atoms with Gasteiger partial charge in [-0.25, -0.2) is 0 Å². The number of aromatic nitrogens is 2. The molecule has 0 aliphatic heterocycles. The maximum atomic E-state index is 5.98. The SMILES string of the molecule is CN(C)CCn1cc(-c2cccc(N)c2N)cn1. The first kappa shape index (κ1) is 12.4. The predicted molar refractivity (Wildman–Crippen MR) is 75.0 cm³/mol. The van der Waals surface area contributed by atoms with Crippen LogP contribution >= 0.6 is 0 Å². The Morgan fingerprint density at radius 1 is 1.28 bits per heavy atom. The normalized spacial score (nSPS) is 11.1. The van der Waals surface area contributed by atoms with Gasteiger partial charge in [0.05, 0.1) is 24.1 Å². The molecule has 1 aromatic carbocycles. The van der Waals surface area contributed by atoms with Crippen LogP contribution in [0, 0.1) is 0 Å². The summed E-state index contributed by atoms with van der Waals surface area (Å²) in [4.78, 5) is 2.12. The molecule has 96 valence electrons. The van der Waals surface area contributed by atoms with Gasteiger partial charge in [0.1, 0.15) is 0 Å². The summed E-state index contributed by atoms with van der Waals surface area (Å²) in [7, 11) is 4.08. The standard InChI is InChI=1S/C13H19N5/c1-17(2)6-7-18-9-10(8-16-18)11-4-3-5-12(14)13(11)15/h3-5,8-9H,6-7,14-15H2,1-2H3. The number of benzene rings is 1. The Balaban J connectivity index is 2.21. The van der Waals surface area contributed by atoms with E-state index in [4.69, 9.17) is 11.5 Å². The number of nitrogens with two attached hydrogens (primary N) is 2. The molecule has 0 unspecified atom stereocenters. The fraction of sp³-hybridized carbons (Fsp3) is 0.308. The highest BCUT2D eigenvalue weighted by Gasteiger charge is 2.07. The molecule has 4 N–H and O–H groups in total. The van der Waals surface area contributed by atoms with E-state index in [2.05, 4.69) is 10.00 Å². The summed E-state index contributed by atoms with van der Waals surface area (Å²) >= 11 is 0. The third-order valence-electron chi connectivity index (χ3n) is 2.86. The number of hydrogen-bond donors (Lipinski definition) is 2. The van der Waals surface area contributed by atoms with Crippen LogP contribution in [0.1, 0.15) is 0 Å². The van der Waals surface area contributed by atoms with Gasteiger partial charge in [-0.1, -0.05) is 12.1 Å². The van der Waals surface area contributed by atoms with E-state index in [0.29, 0.717) is 11.4 Å². The largest absolute Gasteiger partial charge is 0.397 e. The zero-order chi connectivity index (χ0) is 13.1. The van der Waals surface area contributed by atoms with Crippen molar-refractivity contribution in [2.45, 2.75) is 6.54 Å². The molecule has 0 saturated carbocycles. The van der Waals surface area contributed by atoms with Crippen LogP contribution in [0.25, 0.3) is 11.1 Å². The lowest BCUT2D eigenvalue weighted by Crippen LogP contribution is -2.18. The van der Waals surface area contributed by atoms with E-state index in [-0.39, 0.29) is 0 Å². The van der Waals surface area contributed by atoms with Crippen molar-refractivity contribution in [1.82, 2.24) is 14.7 Å². The monoisotopic (exact) mass is 245 g/mol. The van der Waals surface area contributed by atoms with Gasteiger partial charge < -0.3 is 16.4 Å². The van der Waals surface area contributed by atoms with Crippen molar-refractivity contribution in [3.05, 3.63) is 30.6 Å². The summed E-state index contributed by atoms with van der Waals surface area (Å²) in [6.07, 6.45) is 3.81. The zero-order valence-corrected chi connectivity index (χ0v) is 10.8. The number of rotatable bonds is 4. The Kier molecular flexibility index (Phi) is 3.53. The molecule has 0 bridgehead atoms. The highest BCUT2D eigenvalue weighted by molar-refractivity contribution is 5.83. The van der Waals surface area contributed by atoms with Crippen LogP contribution < -0.4 is 11.5 Å². The van der Waals surface area contributed by atoms with E-state index in [1.165, 1.54) is 0 Å². The Morgan fingerprint density at radius 2 is 2.06 bits per heavy atom. The van der Waals surface area contributed by atoms with Crippen LogP contribution in [0.4, 0.5) is 11.4 Å². The molecule has 2 rings (SSSR count). The number of para-hydroxylation sites is 1. The van der Waals surface area contributed by atoms with Crippen LogP contribution in [-0.2, 0) is 6.54 Å². The third-order valence-corrected chi connectivity index (χ3v) is 2.86. The fourth-order valence-corrected chi connectivity index (χ4v) is 1.76. The van der Waals surface area contributed by atoms with Gasteiger partial charge >= 0.3 is 0 Å². The molecule has 1 aromatic heterocycles. The van der Waals surface area contributed by atoms with E-state index >= 15 is 0 Å². The van der Waals surface area contributed by atoms with Crippen LogP contribution in [0.5, 0.6) is 0 Å². The lowest BCUT2D eigenvalue weighted by molar-refractivity contribution is 0.373. The molecule has 5 nitrogen and oxygen atoms in total. The molecule has 0 atom stereocenters. The predicted octanol–water partition coefficient (Wildman–Crippen LogP) is 1.28. The highest BCUT2D eigenvalue weighted by Crippen LogP contribution is 2.29. The molecule has 18 heavy (non-hydrogen) atoms. The van der Waals surface area contributed by atoms with E-state index in [1.54, 1.807) is 6.07 Å². The lowest BCUT2D eigenvalue weighted by Gasteiger charge is -2.08. The molecule has 1 heterocycles. The molecule has 0 amide bonds. The summed E-state index contributed by atoms with van der Waals surface area (Å²) in [5, 5.41) is 4.33. The van der Waals surface area contributed by atoms with Crippen molar-refractivity contribution >= 4 is 11.4 Å². The van der Waals surface area contributed by atoms with E-state index in [9.17, 15) is 0 Å². The minimum absolute atomic E-state index is 0.605. The average molecular weight is 245 g/mol. The number of nitrogen functional groups attached to an aromatic ring is 2. The smallest absolute Gasteiger partial charge is 0.0628 e. The maximum Gasteiger partial charge on any atom is 0.0628 e. The van der Waals surface area contributed by atoms with Gasteiger partial charge in [-0.3, -0.25) is 4.68 Å². The zero-order valence-electron chi connectivity index (χ0n) is 10.8. The molecule has 0 radical (unpaired) electrons. The van der Waals surface area contributed by atoms with Crippen LogP contribution in [-0.4, -0.2) is 35.3 Å². The Bertz CT molecular complexity index is 530. The molecule has 0 fully saturated rings. The van der Waals surface area contributed by atoms with Crippen LogP contribution in [0.15, 0.2) is 30.6 Å². The number of hydrogen-bond acceptors (Lipinski definition) is 4. The molecule has 0 saturated heterocycles. The first-order valence-electron chi connectivity index (χ1n) is 5.89. The van der Waals surface area contributed by atoms with Gasteiger partial charge in [-0.15, -0.1) is 0 Å². The van der Waals surface area contributed by atoms with Crippen LogP contribution in [0.2, 0.25) is 0 Å². The topological polar surface area (TPSA) is 73.1 Å². The average Bonchev–Trinajstić information content (AvgIpc) is 2.78. The third kappa shape index (κ3) is 2.62. The second-order valence-electron chi connectivity index (χ2n) is 4.60. The summed E-state index contributed by atoms with van der Waals surface area (Å²) in [5.41, 5.74) is 14.9. The second kappa shape index (κ2) is 5.10. The summed E-state index contributed by atoms with van der Waals surface area (Å²) < 4.78 is 1.91. The first-order valence-corrected chi connectivity index (χ1v) is 5.89. The minimum Gasteiger partial charge on any atom is -0.397 e. The van der Waals surface area contributed by atoms with Crippen molar-refractivity contribution in [1.29, 1.82) is 0 Å². The van der Waals surface area contributed by atoms with E-state index < -0.39 is 0 Å². The highest BCUT2D eigenvalue weighted by atomic mass is 15.3. The van der Waals surface area contributed by atoms with E-state index in [1.807, 2.05) is 43.3 Å². The second-order valence-corrected chi connectivity index (χ2v) is 4.60. The number of anilines is 2. The van der Waals surface area contributed by atoms with Crippen molar-refractivity contribution in [2.75, 3.05) is 32.1 Å². The molecule has 5 heteroatoms. The van der Waals surface area contributed by atoms with Gasteiger partial charge in [-0.05, 0) is 20.2 Å². The van der Waals surface area contributed by atoms with Gasteiger partial charge in [0.25, 0.3) is 0 Å². The van der Waals surface area contributed by atoms with Crippen molar-refractivity contribution < 1.29 is 0 Å². The molecular weight excluding hydrogens is 226 g/mol. The Labute approximate surface area is 107 Å². The van der Waals surface area contributed by atoms with Crippen LogP contribution in [0.3, 0.4) is 0 Å². The molecule has 2 aromatic rings. The fourth-order valence-electron chi connectivity index (χ4n) is 1.76. The molecular formula is C13H19N5. The summed E-state index contributed by atoms with van der Waals surface area (Å²) in [6.45, 7) is 1.81. The van der Waals surface area contributed by atoms with Gasteiger partial charge in [0.2, 0.25) is 0 Å². The molecule has 0 aliphatic carbocycles. The van der Waals surface area contributed by atoms with Crippen molar-refractivity contribution in [3.8, 4) is 11.1 Å². The van der Waals surface area contributed by atoms with Crippen molar-refractivity contribution in [3.63, 3.8) is 0 Å². The van der Waals surface area contributed by atoms with Gasteiger partial charge in [0.15, 0.2) is 0 Å². The summed E-state index contributed by atoms with van der Waals surface area (Å²) in [6, 6.07) is 5.66. The van der Waals surface area contributed by atoms with Gasteiger partial charge in [0, 0.05) is 23.9 Å². The maximum absolute atomic E-state index is 5.98.